The van der Waals surface area contributed by atoms with E-state index >= 15 is 0 Å². The van der Waals surface area contributed by atoms with Crippen LogP contribution >= 0.6 is 0 Å². The predicted octanol–water partition coefficient (Wildman–Crippen LogP) is 0.262. The van der Waals surface area contributed by atoms with Crippen molar-refractivity contribution in [3.8, 4) is 11.3 Å². The fraction of sp³-hybridized carbons (Fsp3) is 0. The maximum absolute atomic E-state index is 13.2. The molecule has 2 aromatic rings. The van der Waals surface area contributed by atoms with Crippen molar-refractivity contribution in [1.82, 2.24) is 9.97 Å². The Kier molecular flexibility index (Phi) is 1.81. The van der Waals surface area contributed by atoms with Gasteiger partial charge in [0.15, 0.2) is 5.82 Å². The number of hydrogen-bond donors (Lipinski definition) is 2. The molecule has 0 amide bonds. The number of furan rings is 1. The van der Waals surface area contributed by atoms with Gasteiger partial charge in [-0.1, -0.05) is 5.56 Å². The summed E-state index contributed by atoms with van der Waals surface area (Å²) < 4.78 is 17.7. The van der Waals surface area contributed by atoms with Crippen molar-refractivity contribution in [2.75, 3.05) is 0 Å². The summed E-state index contributed by atoms with van der Waals surface area (Å²) in [7, 11) is 0. The highest BCUT2D eigenvalue weighted by Gasteiger charge is 2.05. The van der Waals surface area contributed by atoms with Crippen molar-refractivity contribution in [2.24, 2.45) is 0 Å². The van der Waals surface area contributed by atoms with E-state index in [1.54, 1.807) is 4.98 Å². The van der Waals surface area contributed by atoms with Gasteiger partial charge in [0.25, 0.3) is 5.56 Å². The summed E-state index contributed by atoms with van der Waals surface area (Å²) in [6.07, 6.45) is 3.57. The standard InChI is InChI=1S/C8H4FN2O3/c9-5-6(4-1-2-14-3-4)10-8(13)11-7(5)12/h1-2H,(H2,10,11,12,13)/q-1. The Morgan fingerprint density at radius 3 is 2.79 bits per heavy atom. The summed E-state index contributed by atoms with van der Waals surface area (Å²) in [5.41, 5.74) is -1.89. The molecule has 2 rings (SSSR count). The van der Waals surface area contributed by atoms with Gasteiger partial charge in [0.2, 0.25) is 0 Å². The molecule has 72 valence electrons. The van der Waals surface area contributed by atoms with E-state index in [1.807, 2.05) is 0 Å². The van der Waals surface area contributed by atoms with Crippen LogP contribution in [0.5, 0.6) is 0 Å². The second-order valence-corrected chi connectivity index (χ2v) is 2.53. The van der Waals surface area contributed by atoms with Crippen LogP contribution < -0.4 is 11.2 Å². The largest absolute Gasteiger partial charge is 0.565 e. The van der Waals surface area contributed by atoms with E-state index in [4.69, 9.17) is 0 Å². The van der Waals surface area contributed by atoms with Gasteiger partial charge in [0.05, 0.1) is 0 Å². The van der Waals surface area contributed by atoms with Crippen LogP contribution in [0.4, 0.5) is 4.39 Å². The van der Waals surface area contributed by atoms with Gasteiger partial charge in [0.1, 0.15) is 0 Å². The van der Waals surface area contributed by atoms with Gasteiger partial charge >= 0.3 is 5.69 Å². The number of rotatable bonds is 1. The van der Waals surface area contributed by atoms with Crippen molar-refractivity contribution in [1.29, 1.82) is 0 Å². The first-order valence-electron chi connectivity index (χ1n) is 3.66. The second kappa shape index (κ2) is 2.99. The van der Waals surface area contributed by atoms with Crippen molar-refractivity contribution in [3.63, 3.8) is 0 Å². The fourth-order valence-electron chi connectivity index (χ4n) is 1.02. The van der Waals surface area contributed by atoms with Gasteiger partial charge in [-0.2, -0.15) is 0 Å². The molecular weight excluding hydrogens is 191 g/mol. The molecule has 0 fully saturated rings. The van der Waals surface area contributed by atoms with Crippen LogP contribution in [0.2, 0.25) is 0 Å². The zero-order valence-corrected chi connectivity index (χ0v) is 6.76. The third-order valence-electron chi connectivity index (χ3n) is 1.63. The quantitative estimate of drug-likeness (QED) is 0.640. The maximum Gasteiger partial charge on any atom is 0.317 e. The van der Waals surface area contributed by atoms with Crippen molar-refractivity contribution in [2.45, 2.75) is 0 Å². The van der Waals surface area contributed by atoms with E-state index < -0.39 is 17.1 Å². The second-order valence-electron chi connectivity index (χ2n) is 2.53. The molecule has 0 atom stereocenters. The van der Waals surface area contributed by atoms with E-state index in [0.29, 0.717) is 0 Å². The summed E-state index contributed by atoms with van der Waals surface area (Å²) >= 11 is 0. The first-order chi connectivity index (χ1) is 6.68. The van der Waals surface area contributed by atoms with E-state index in [-0.39, 0.29) is 11.3 Å². The van der Waals surface area contributed by atoms with Gasteiger partial charge < -0.3 is 9.40 Å². The molecule has 0 unspecified atom stereocenters. The smallest absolute Gasteiger partial charge is 0.317 e. The van der Waals surface area contributed by atoms with Gasteiger partial charge in [-0.05, 0) is 6.26 Å². The molecule has 0 radical (unpaired) electrons. The molecule has 0 bridgehead atoms. The lowest BCUT2D eigenvalue weighted by Gasteiger charge is -2.02. The van der Waals surface area contributed by atoms with E-state index in [2.05, 4.69) is 15.7 Å². The Morgan fingerprint density at radius 1 is 1.36 bits per heavy atom. The van der Waals surface area contributed by atoms with Crippen LogP contribution in [-0.2, 0) is 0 Å². The molecule has 2 N–H and O–H groups in total. The molecule has 5 nitrogen and oxygen atoms in total. The minimum absolute atomic E-state index is 0.186. The first kappa shape index (κ1) is 8.49. The number of aromatic amines is 2. The number of aromatic nitrogens is 2. The average Bonchev–Trinajstić information content (AvgIpc) is 2.63. The van der Waals surface area contributed by atoms with Crippen LogP contribution in [0, 0.1) is 12.1 Å². The molecule has 0 aliphatic carbocycles. The molecule has 14 heavy (non-hydrogen) atoms. The third-order valence-corrected chi connectivity index (χ3v) is 1.63. The molecular formula is C8H4FN2O3-. The fourth-order valence-corrected chi connectivity index (χ4v) is 1.02. The SMILES string of the molecule is O=c1[nH]c(-c2[c-]occ2)c(F)c(=O)[nH]1. The van der Waals surface area contributed by atoms with E-state index in [0.717, 1.165) is 0 Å². The molecule has 0 aliphatic rings. The number of hydrogen-bond acceptors (Lipinski definition) is 3. The monoisotopic (exact) mass is 195 g/mol. The van der Waals surface area contributed by atoms with Gasteiger partial charge in [-0.3, -0.25) is 9.78 Å². The topological polar surface area (TPSA) is 78.9 Å². The molecule has 2 heterocycles. The lowest BCUT2D eigenvalue weighted by Crippen LogP contribution is -2.25. The van der Waals surface area contributed by atoms with Gasteiger partial charge in [-0.25, -0.2) is 9.18 Å². The Labute approximate surface area is 76.2 Å². The molecule has 0 aromatic carbocycles. The Balaban J connectivity index is 2.77. The summed E-state index contributed by atoms with van der Waals surface area (Å²) in [5, 5.41) is 0. The zero-order chi connectivity index (χ0) is 10.1. The van der Waals surface area contributed by atoms with Crippen LogP contribution in [0.15, 0.2) is 26.3 Å². The highest BCUT2D eigenvalue weighted by atomic mass is 19.1. The summed E-state index contributed by atoms with van der Waals surface area (Å²) in [4.78, 5) is 25.6. The maximum atomic E-state index is 13.2. The third kappa shape index (κ3) is 1.26. The van der Waals surface area contributed by atoms with Crippen LogP contribution in [0.3, 0.4) is 0 Å². The molecule has 6 heteroatoms. The van der Waals surface area contributed by atoms with E-state index in [9.17, 15) is 14.0 Å². The normalized spacial score (nSPS) is 10.4. The number of nitrogens with one attached hydrogen (secondary N) is 2. The highest BCUT2D eigenvalue weighted by Crippen LogP contribution is 2.15. The predicted molar refractivity (Wildman–Crippen MR) is 44.2 cm³/mol. The summed E-state index contributed by atoms with van der Waals surface area (Å²) in [5.74, 6) is -1.07. The molecule has 2 aromatic heterocycles. The molecule has 0 spiro atoms. The average molecular weight is 195 g/mol. The number of H-pyrrole nitrogens is 2. The Bertz CT molecular complexity index is 553. The summed E-state index contributed by atoms with van der Waals surface area (Å²) in [6, 6.07) is 1.38. The first-order valence-corrected chi connectivity index (χ1v) is 3.66. The van der Waals surface area contributed by atoms with Crippen LogP contribution in [0.1, 0.15) is 0 Å². The molecule has 0 aliphatic heterocycles. The zero-order valence-electron chi connectivity index (χ0n) is 6.76. The minimum Gasteiger partial charge on any atom is -0.565 e. The van der Waals surface area contributed by atoms with Crippen molar-refractivity contribution in [3.05, 3.63) is 45.2 Å². The Morgan fingerprint density at radius 2 is 2.14 bits per heavy atom. The summed E-state index contributed by atoms with van der Waals surface area (Å²) in [6.45, 7) is 0. The number of halogens is 1. The molecule has 0 saturated heterocycles. The van der Waals surface area contributed by atoms with Crippen LogP contribution in [0.25, 0.3) is 11.3 Å². The van der Waals surface area contributed by atoms with E-state index in [1.165, 1.54) is 12.3 Å². The van der Waals surface area contributed by atoms with Crippen molar-refractivity contribution < 1.29 is 8.81 Å². The van der Waals surface area contributed by atoms with Crippen molar-refractivity contribution >= 4 is 0 Å². The lowest BCUT2D eigenvalue weighted by molar-refractivity contribution is 0.557. The highest BCUT2D eigenvalue weighted by molar-refractivity contribution is 5.56. The minimum atomic E-state index is -1.07. The Hall–Kier alpha value is -2.11. The van der Waals surface area contributed by atoms with Gasteiger partial charge in [0, 0.05) is 12.0 Å². The lowest BCUT2D eigenvalue weighted by atomic mass is 10.2. The van der Waals surface area contributed by atoms with Gasteiger partial charge in [-0.15, -0.1) is 6.07 Å². The van der Waals surface area contributed by atoms with Crippen LogP contribution in [-0.4, -0.2) is 9.97 Å². The molecule has 0 saturated carbocycles.